The van der Waals surface area contributed by atoms with Gasteiger partial charge in [0.2, 0.25) is 11.7 Å². The predicted octanol–water partition coefficient (Wildman–Crippen LogP) is 5.57. The molecule has 0 N–H and O–H groups in total. The van der Waals surface area contributed by atoms with Gasteiger partial charge in [0.1, 0.15) is 0 Å². The van der Waals surface area contributed by atoms with Crippen LogP contribution in [0, 0.1) is 0 Å². The molecule has 2 heterocycles. The lowest BCUT2D eigenvalue weighted by Crippen LogP contribution is -2.37. The van der Waals surface area contributed by atoms with Gasteiger partial charge in [0, 0.05) is 18.6 Å². The van der Waals surface area contributed by atoms with E-state index in [4.69, 9.17) is 4.42 Å². The van der Waals surface area contributed by atoms with Crippen LogP contribution in [0.1, 0.15) is 57.6 Å². The molecule has 164 valence electrons. The summed E-state index contributed by atoms with van der Waals surface area (Å²) in [7, 11) is 0. The maximum absolute atomic E-state index is 13.1. The Balaban J connectivity index is 1.51. The van der Waals surface area contributed by atoms with Gasteiger partial charge in [-0.2, -0.15) is 0 Å². The summed E-state index contributed by atoms with van der Waals surface area (Å²) in [6.45, 7) is 4.74. The second-order valence-corrected chi connectivity index (χ2v) is 9.28. The second-order valence-electron chi connectivity index (χ2n) is 8.33. The highest BCUT2D eigenvalue weighted by Crippen LogP contribution is 2.35. The van der Waals surface area contributed by atoms with Crippen LogP contribution in [0.4, 0.5) is 0 Å². The molecule has 0 spiro atoms. The Kier molecular flexibility index (Phi) is 7.12. The third kappa shape index (κ3) is 5.21. The first-order valence-electron chi connectivity index (χ1n) is 11.1. The molecule has 1 aromatic carbocycles. The van der Waals surface area contributed by atoms with Gasteiger partial charge < -0.3 is 9.32 Å². The molecule has 3 aromatic rings. The summed E-state index contributed by atoms with van der Waals surface area (Å²) in [6, 6.07) is 14.4. The first kappa shape index (κ1) is 21.7. The number of benzene rings is 1. The number of nitrogens with zero attached hydrogens (tertiary/aromatic N) is 4. The van der Waals surface area contributed by atoms with Crippen molar-refractivity contribution in [2.24, 2.45) is 0 Å². The average Bonchev–Trinajstić information content (AvgIpc) is 3.46. The third-order valence-corrected chi connectivity index (χ3v) is 6.74. The van der Waals surface area contributed by atoms with Crippen LogP contribution < -0.4 is 0 Å². The number of carbonyl (C=O) groups is 1. The van der Waals surface area contributed by atoms with Crippen molar-refractivity contribution in [2.45, 2.75) is 69.7 Å². The second kappa shape index (κ2) is 10.2. The van der Waals surface area contributed by atoms with E-state index in [0.29, 0.717) is 18.3 Å². The molecule has 0 unspecified atom stereocenters. The van der Waals surface area contributed by atoms with Gasteiger partial charge >= 0.3 is 0 Å². The molecule has 1 amide bonds. The molecule has 31 heavy (non-hydrogen) atoms. The van der Waals surface area contributed by atoms with E-state index in [1.807, 2.05) is 35.2 Å². The topological polar surface area (TPSA) is 64.2 Å². The Morgan fingerprint density at radius 3 is 2.58 bits per heavy atom. The molecule has 1 fully saturated rings. The number of rotatable bonds is 8. The maximum atomic E-state index is 13.1. The molecule has 0 bridgehead atoms. The monoisotopic (exact) mass is 438 g/mol. The van der Waals surface area contributed by atoms with Crippen LogP contribution in [0.15, 0.2) is 58.3 Å². The fraction of sp³-hybridized carbons (Fsp3) is 0.458. The van der Waals surface area contributed by atoms with E-state index < -0.39 is 0 Å². The molecule has 0 aliphatic heterocycles. The first-order valence-corrected chi connectivity index (χ1v) is 12.1. The average molecular weight is 439 g/mol. The number of carbonyl (C=O) groups excluding carboxylic acids is 1. The fourth-order valence-electron chi connectivity index (χ4n) is 4.17. The molecule has 2 aromatic heterocycles. The van der Waals surface area contributed by atoms with E-state index in [-0.39, 0.29) is 11.9 Å². The summed E-state index contributed by atoms with van der Waals surface area (Å²) in [5.41, 5.74) is 1.14. The van der Waals surface area contributed by atoms with Crippen LogP contribution in [-0.2, 0) is 11.3 Å². The third-order valence-electron chi connectivity index (χ3n) is 5.81. The highest BCUT2D eigenvalue weighted by Gasteiger charge is 2.26. The van der Waals surface area contributed by atoms with Crippen molar-refractivity contribution >= 4 is 17.7 Å². The summed E-state index contributed by atoms with van der Waals surface area (Å²) in [4.78, 5) is 15.0. The van der Waals surface area contributed by atoms with Crippen molar-refractivity contribution < 1.29 is 9.21 Å². The van der Waals surface area contributed by atoms with E-state index in [2.05, 4.69) is 40.7 Å². The number of thioether (sulfide) groups is 1. The minimum Gasteiger partial charge on any atom is -0.461 e. The Bertz CT molecular complexity index is 963. The molecular weight excluding hydrogens is 408 g/mol. The lowest BCUT2D eigenvalue weighted by molar-refractivity contribution is -0.130. The summed E-state index contributed by atoms with van der Waals surface area (Å²) in [5, 5.41) is 9.69. The number of hydrogen-bond acceptors (Lipinski definition) is 5. The lowest BCUT2D eigenvalue weighted by atomic mass is 9.95. The van der Waals surface area contributed by atoms with Crippen molar-refractivity contribution in [3.8, 4) is 11.6 Å². The van der Waals surface area contributed by atoms with E-state index in [1.54, 1.807) is 6.26 Å². The van der Waals surface area contributed by atoms with Gasteiger partial charge in [-0.25, -0.2) is 0 Å². The van der Waals surface area contributed by atoms with Crippen molar-refractivity contribution in [2.75, 3.05) is 5.75 Å². The van der Waals surface area contributed by atoms with Gasteiger partial charge in [0.15, 0.2) is 10.9 Å². The van der Waals surface area contributed by atoms with Gasteiger partial charge in [-0.05, 0) is 44.4 Å². The molecule has 0 radical (unpaired) electrons. The van der Waals surface area contributed by atoms with Gasteiger partial charge in [-0.3, -0.25) is 9.36 Å². The van der Waals surface area contributed by atoms with Crippen LogP contribution in [0.3, 0.4) is 0 Å². The zero-order valence-electron chi connectivity index (χ0n) is 18.2. The summed E-state index contributed by atoms with van der Waals surface area (Å²) in [5.74, 6) is 1.94. The molecule has 0 atom stereocenters. The summed E-state index contributed by atoms with van der Waals surface area (Å²) >= 11 is 1.48. The molecule has 1 aliphatic carbocycles. The van der Waals surface area contributed by atoms with Gasteiger partial charge in [-0.1, -0.05) is 61.4 Å². The van der Waals surface area contributed by atoms with Crippen LogP contribution in [0.25, 0.3) is 11.6 Å². The number of furan rings is 1. The predicted molar refractivity (Wildman–Crippen MR) is 123 cm³/mol. The van der Waals surface area contributed by atoms with Crippen molar-refractivity contribution in [1.29, 1.82) is 0 Å². The smallest absolute Gasteiger partial charge is 0.233 e. The van der Waals surface area contributed by atoms with E-state index in [0.717, 1.165) is 35.1 Å². The summed E-state index contributed by atoms with van der Waals surface area (Å²) in [6.07, 6.45) is 7.58. The van der Waals surface area contributed by atoms with Gasteiger partial charge in [0.25, 0.3) is 0 Å². The quantitative estimate of drug-likeness (QED) is 0.430. The minimum atomic E-state index is 0.113. The van der Waals surface area contributed by atoms with Crippen LogP contribution in [0.5, 0.6) is 0 Å². The molecule has 4 rings (SSSR count). The SMILES string of the molecule is CC(C)N(Cc1ccccc1)C(=O)CSc1nnc(-c2ccco2)n1C1CCCCC1. The van der Waals surface area contributed by atoms with Gasteiger partial charge in [0.05, 0.1) is 12.0 Å². The van der Waals surface area contributed by atoms with E-state index >= 15 is 0 Å². The minimum absolute atomic E-state index is 0.113. The normalized spacial score (nSPS) is 14.8. The Labute approximate surface area is 188 Å². The first-order chi connectivity index (χ1) is 15.1. The van der Waals surface area contributed by atoms with Crippen LogP contribution in [-0.4, -0.2) is 37.4 Å². The number of amides is 1. The molecule has 6 nitrogen and oxygen atoms in total. The van der Waals surface area contributed by atoms with Gasteiger partial charge in [-0.15, -0.1) is 10.2 Å². The van der Waals surface area contributed by atoms with Crippen molar-refractivity contribution in [1.82, 2.24) is 19.7 Å². The Morgan fingerprint density at radius 2 is 1.90 bits per heavy atom. The molecule has 7 heteroatoms. The van der Waals surface area contributed by atoms with Crippen molar-refractivity contribution in [3.05, 3.63) is 54.3 Å². The number of aromatic nitrogens is 3. The standard InChI is InChI=1S/C24H30N4O2S/c1-18(2)27(16-19-10-5-3-6-11-19)22(29)17-31-24-26-25-23(21-14-9-15-30-21)28(24)20-12-7-4-8-13-20/h3,5-6,9-11,14-15,18,20H,4,7-8,12-13,16-17H2,1-2H3. The van der Waals surface area contributed by atoms with E-state index in [9.17, 15) is 4.79 Å². The maximum Gasteiger partial charge on any atom is 0.233 e. The highest BCUT2D eigenvalue weighted by atomic mass is 32.2. The fourth-order valence-corrected chi connectivity index (χ4v) is 5.06. The highest BCUT2D eigenvalue weighted by molar-refractivity contribution is 7.99. The molecular formula is C24H30N4O2S. The lowest BCUT2D eigenvalue weighted by Gasteiger charge is -2.27. The summed E-state index contributed by atoms with van der Waals surface area (Å²) < 4.78 is 7.82. The van der Waals surface area contributed by atoms with Crippen LogP contribution >= 0.6 is 11.8 Å². The number of hydrogen-bond donors (Lipinski definition) is 0. The molecule has 1 aliphatic rings. The van der Waals surface area contributed by atoms with E-state index in [1.165, 1.54) is 31.0 Å². The molecule has 1 saturated carbocycles. The van der Waals surface area contributed by atoms with Crippen molar-refractivity contribution in [3.63, 3.8) is 0 Å². The Hall–Kier alpha value is -2.54. The zero-order chi connectivity index (χ0) is 21.6. The zero-order valence-corrected chi connectivity index (χ0v) is 19.1. The van der Waals surface area contributed by atoms with Crippen LogP contribution in [0.2, 0.25) is 0 Å². The Morgan fingerprint density at radius 1 is 1.13 bits per heavy atom. The largest absolute Gasteiger partial charge is 0.461 e. The molecule has 0 saturated heterocycles.